The van der Waals surface area contributed by atoms with Crippen LogP contribution in [0.4, 0.5) is 5.69 Å². The summed E-state index contributed by atoms with van der Waals surface area (Å²) in [6.07, 6.45) is 2.64. The van der Waals surface area contributed by atoms with Crippen molar-refractivity contribution in [2.45, 2.75) is 52.0 Å². The molecule has 2 saturated heterocycles. The SMILES string of the molecule is CCC(=O)N1CCC2(CC1)C(=O)N(CC(=O)NCC(C)CC)CN2c1ccccc1. The van der Waals surface area contributed by atoms with Crippen LogP contribution in [0, 0.1) is 5.92 Å². The number of amides is 3. The first-order chi connectivity index (χ1) is 14.4. The summed E-state index contributed by atoms with van der Waals surface area (Å²) < 4.78 is 0. The fourth-order valence-corrected chi connectivity index (χ4v) is 4.33. The number of hydrogen-bond acceptors (Lipinski definition) is 4. The summed E-state index contributed by atoms with van der Waals surface area (Å²) in [4.78, 5) is 43.8. The van der Waals surface area contributed by atoms with E-state index in [-0.39, 0.29) is 24.3 Å². The van der Waals surface area contributed by atoms with Crippen LogP contribution in [0.25, 0.3) is 0 Å². The van der Waals surface area contributed by atoms with Gasteiger partial charge in [0.25, 0.3) is 5.91 Å². The lowest BCUT2D eigenvalue weighted by atomic mass is 9.85. The van der Waals surface area contributed by atoms with Gasteiger partial charge in [0.05, 0.1) is 6.67 Å². The Hall–Kier alpha value is -2.57. The topological polar surface area (TPSA) is 73.0 Å². The molecule has 7 nitrogen and oxygen atoms in total. The summed E-state index contributed by atoms with van der Waals surface area (Å²) in [6.45, 7) is 8.27. The Balaban J connectivity index is 1.77. The minimum atomic E-state index is -0.692. The predicted molar refractivity (Wildman–Crippen MR) is 117 cm³/mol. The molecule has 164 valence electrons. The highest BCUT2D eigenvalue weighted by Crippen LogP contribution is 2.39. The molecule has 7 heteroatoms. The van der Waals surface area contributed by atoms with Gasteiger partial charge in [-0.3, -0.25) is 14.4 Å². The van der Waals surface area contributed by atoms with Gasteiger partial charge in [-0.2, -0.15) is 0 Å². The zero-order chi connectivity index (χ0) is 21.7. The summed E-state index contributed by atoms with van der Waals surface area (Å²) in [7, 11) is 0. The standard InChI is InChI=1S/C23H34N4O3/c1-4-18(3)15-24-20(28)16-26-17-27(19-9-7-6-8-10-19)23(22(26)30)11-13-25(14-12-23)21(29)5-2/h6-10,18H,4-5,11-17H2,1-3H3,(H,24,28). The molecule has 3 rings (SSSR count). The van der Waals surface area contributed by atoms with Gasteiger partial charge in [0.2, 0.25) is 11.8 Å². The molecule has 0 bridgehead atoms. The molecule has 2 heterocycles. The fourth-order valence-electron chi connectivity index (χ4n) is 4.33. The molecule has 1 N–H and O–H groups in total. The van der Waals surface area contributed by atoms with Crippen LogP contribution in [0.1, 0.15) is 46.5 Å². The zero-order valence-electron chi connectivity index (χ0n) is 18.4. The number of nitrogens with one attached hydrogen (secondary N) is 1. The number of hydrogen-bond donors (Lipinski definition) is 1. The summed E-state index contributed by atoms with van der Waals surface area (Å²) >= 11 is 0. The number of piperidine rings is 1. The Labute approximate surface area is 179 Å². The maximum Gasteiger partial charge on any atom is 0.250 e. The molecule has 3 amide bonds. The molecule has 1 spiro atoms. The number of likely N-dealkylation sites (tertiary alicyclic amines) is 1. The fraction of sp³-hybridized carbons (Fsp3) is 0.609. The number of nitrogens with zero attached hydrogens (tertiary/aromatic N) is 3. The van der Waals surface area contributed by atoms with Crippen molar-refractivity contribution < 1.29 is 14.4 Å². The summed E-state index contributed by atoms with van der Waals surface area (Å²) in [6, 6.07) is 9.89. The Morgan fingerprint density at radius 3 is 2.40 bits per heavy atom. The van der Waals surface area contributed by atoms with Crippen molar-refractivity contribution in [1.29, 1.82) is 0 Å². The van der Waals surface area contributed by atoms with Crippen molar-refractivity contribution in [3.05, 3.63) is 30.3 Å². The Bertz CT molecular complexity index is 759. The highest BCUT2D eigenvalue weighted by molar-refractivity contribution is 5.96. The second-order valence-electron chi connectivity index (χ2n) is 8.49. The largest absolute Gasteiger partial charge is 0.354 e. The summed E-state index contributed by atoms with van der Waals surface area (Å²) in [5, 5.41) is 2.95. The van der Waals surface area contributed by atoms with Crippen LogP contribution in [0.3, 0.4) is 0 Å². The third kappa shape index (κ3) is 4.45. The van der Waals surface area contributed by atoms with Gasteiger partial charge in [-0.1, -0.05) is 45.4 Å². The third-order valence-corrected chi connectivity index (χ3v) is 6.51. The number of rotatable bonds is 7. The van der Waals surface area contributed by atoms with Gasteiger partial charge in [-0.05, 0) is 30.9 Å². The minimum absolute atomic E-state index is 0.00589. The quantitative estimate of drug-likeness (QED) is 0.743. The van der Waals surface area contributed by atoms with Crippen LogP contribution in [-0.4, -0.2) is 65.9 Å². The molecular formula is C23H34N4O3. The van der Waals surface area contributed by atoms with Gasteiger partial charge in [-0.15, -0.1) is 0 Å². The third-order valence-electron chi connectivity index (χ3n) is 6.51. The number of carbonyl (C=O) groups is 3. The molecule has 30 heavy (non-hydrogen) atoms. The van der Waals surface area contributed by atoms with Crippen LogP contribution in [0.5, 0.6) is 0 Å². The van der Waals surface area contributed by atoms with E-state index in [9.17, 15) is 14.4 Å². The monoisotopic (exact) mass is 414 g/mol. The van der Waals surface area contributed by atoms with Crippen molar-refractivity contribution >= 4 is 23.4 Å². The van der Waals surface area contributed by atoms with Gasteiger partial charge >= 0.3 is 0 Å². The maximum absolute atomic E-state index is 13.5. The predicted octanol–water partition coefficient (Wildman–Crippen LogP) is 2.23. The Morgan fingerprint density at radius 2 is 1.80 bits per heavy atom. The normalized spacial score (nSPS) is 19.3. The van der Waals surface area contributed by atoms with Gasteiger partial charge in [0, 0.05) is 31.7 Å². The lowest BCUT2D eigenvalue weighted by Gasteiger charge is -2.43. The second-order valence-corrected chi connectivity index (χ2v) is 8.49. The first kappa shape index (κ1) is 22.1. The molecule has 1 atom stereocenters. The molecular weight excluding hydrogens is 380 g/mol. The maximum atomic E-state index is 13.5. The van der Waals surface area contributed by atoms with E-state index in [0.717, 1.165) is 12.1 Å². The first-order valence-corrected chi connectivity index (χ1v) is 11.1. The van der Waals surface area contributed by atoms with E-state index in [0.29, 0.717) is 51.5 Å². The van der Waals surface area contributed by atoms with E-state index in [2.05, 4.69) is 24.1 Å². The van der Waals surface area contributed by atoms with Crippen LogP contribution < -0.4 is 10.2 Å². The molecule has 1 aromatic carbocycles. The van der Waals surface area contributed by atoms with Crippen molar-refractivity contribution in [2.24, 2.45) is 5.92 Å². The summed E-state index contributed by atoms with van der Waals surface area (Å²) in [5.74, 6) is 0.416. The highest BCUT2D eigenvalue weighted by Gasteiger charge is 2.54. The van der Waals surface area contributed by atoms with Gasteiger partial charge in [0.15, 0.2) is 0 Å². The molecule has 2 aliphatic heterocycles. The highest BCUT2D eigenvalue weighted by atomic mass is 16.2. The second kappa shape index (κ2) is 9.49. The van der Waals surface area contributed by atoms with Crippen molar-refractivity contribution in [1.82, 2.24) is 15.1 Å². The molecule has 0 aliphatic carbocycles. The van der Waals surface area contributed by atoms with E-state index < -0.39 is 5.54 Å². The number of benzene rings is 1. The van der Waals surface area contributed by atoms with Gasteiger partial charge in [-0.25, -0.2) is 0 Å². The van der Waals surface area contributed by atoms with E-state index >= 15 is 0 Å². The van der Waals surface area contributed by atoms with Crippen molar-refractivity contribution in [3.8, 4) is 0 Å². The van der Waals surface area contributed by atoms with Crippen LogP contribution in [0.15, 0.2) is 30.3 Å². The molecule has 2 fully saturated rings. The van der Waals surface area contributed by atoms with Crippen molar-refractivity contribution in [3.63, 3.8) is 0 Å². The molecule has 0 radical (unpaired) electrons. The zero-order valence-corrected chi connectivity index (χ0v) is 18.4. The van der Waals surface area contributed by atoms with E-state index in [1.54, 1.807) is 4.90 Å². The van der Waals surface area contributed by atoms with E-state index in [1.165, 1.54) is 0 Å². The van der Waals surface area contributed by atoms with E-state index in [4.69, 9.17) is 0 Å². The van der Waals surface area contributed by atoms with Crippen molar-refractivity contribution in [2.75, 3.05) is 37.7 Å². The van der Waals surface area contributed by atoms with E-state index in [1.807, 2.05) is 42.2 Å². The smallest absolute Gasteiger partial charge is 0.250 e. The number of para-hydroxylation sites is 1. The molecule has 2 aliphatic rings. The number of carbonyl (C=O) groups excluding carboxylic acids is 3. The van der Waals surface area contributed by atoms with Crippen LogP contribution in [0.2, 0.25) is 0 Å². The molecule has 0 aromatic heterocycles. The average molecular weight is 415 g/mol. The lowest BCUT2D eigenvalue weighted by molar-refractivity contribution is -0.139. The van der Waals surface area contributed by atoms with Crippen LogP contribution >= 0.6 is 0 Å². The lowest BCUT2D eigenvalue weighted by Crippen LogP contribution is -2.57. The minimum Gasteiger partial charge on any atom is -0.354 e. The number of anilines is 1. The average Bonchev–Trinajstić information content (AvgIpc) is 3.04. The molecule has 0 saturated carbocycles. The Morgan fingerprint density at radius 1 is 1.13 bits per heavy atom. The molecule has 1 unspecified atom stereocenters. The summed E-state index contributed by atoms with van der Waals surface area (Å²) in [5.41, 5.74) is 0.284. The van der Waals surface area contributed by atoms with Gasteiger partial charge < -0.3 is 20.0 Å². The molecule has 1 aromatic rings. The van der Waals surface area contributed by atoms with Crippen LogP contribution in [-0.2, 0) is 14.4 Å². The Kier molecular flexibility index (Phi) is 7.00. The van der Waals surface area contributed by atoms with Gasteiger partial charge in [0.1, 0.15) is 12.1 Å². The first-order valence-electron chi connectivity index (χ1n) is 11.1.